The molecule has 2 fully saturated rings. The fourth-order valence-electron chi connectivity index (χ4n) is 4.52. The van der Waals surface area contributed by atoms with Crippen LogP contribution in [0.5, 0.6) is 5.75 Å². The van der Waals surface area contributed by atoms with E-state index in [9.17, 15) is 4.79 Å². The van der Waals surface area contributed by atoms with Gasteiger partial charge in [0.1, 0.15) is 17.7 Å². The quantitative estimate of drug-likeness (QED) is 0.699. The molecule has 1 aromatic carbocycles. The van der Waals surface area contributed by atoms with Gasteiger partial charge in [-0.15, -0.1) is 0 Å². The highest BCUT2D eigenvalue weighted by molar-refractivity contribution is 5.56. The Hall–Kier alpha value is -2.51. The van der Waals surface area contributed by atoms with Gasteiger partial charge in [-0.05, 0) is 43.9 Å². The molecule has 31 heavy (non-hydrogen) atoms. The molecule has 0 bridgehead atoms. The van der Waals surface area contributed by atoms with E-state index in [0.29, 0.717) is 25.9 Å². The van der Waals surface area contributed by atoms with Gasteiger partial charge in [0.2, 0.25) is 0 Å². The molecule has 2 atom stereocenters. The van der Waals surface area contributed by atoms with E-state index in [4.69, 9.17) is 14.2 Å². The van der Waals surface area contributed by atoms with Crippen molar-refractivity contribution in [1.29, 1.82) is 0 Å². The first-order chi connectivity index (χ1) is 15.1. The number of anilines is 2. The first-order valence-electron chi connectivity index (χ1n) is 11.2. The Morgan fingerprint density at radius 2 is 1.94 bits per heavy atom. The van der Waals surface area contributed by atoms with Crippen LogP contribution in [0.1, 0.15) is 25.3 Å². The van der Waals surface area contributed by atoms with E-state index in [2.05, 4.69) is 33.0 Å². The number of morpholine rings is 1. The molecule has 2 aliphatic heterocycles. The number of nitrogens with one attached hydrogen (secondary N) is 1. The maximum absolute atomic E-state index is 12.4. The van der Waals surface area contributed by atoms with Gasteiger partial charge in [-0.3, -0.25) is 4.79 Å². The molecule has 3 heterocycles. The second-order valence-corrected chi connectivity index (χ2v) is 8.41. The molecule has 7 heteroatoms. The predicted octanol–water partition coefficient (Wildman–Crippen LogP) is 2.84. The zero-order chi connectivity index (χ0) is 21.6. The molecule has 0 amide bonds. The minimum atomic E-state index is -0.0451. The van der Waals surface area contributed by atoms with Gasteiger partial charge < -0.3 is 29.0 Å². The Morgan fingerprint density at radius 1 is 1.16 bits per heavy atom. The largest absolute Gasteiger partial charge is 0.488 e. The van der Waals surface area contributed by atoms with Crippen molar-refractivity contribution < 1.29 is 14.2 Å². The van der Waals surface area contributed by atoms with E-state index in [0.717, 1.165) is 56.2 Å². The average Bonchev–Trinajstić information content (AvgIpc) is 3.24. The zero-order valence-corrected chi connectivity index (χ0v) is 18.5. The van der Waals surface area contributed by atoms with Gasteiger partial charge in [-0.25, -0.2) is 0 Å². The lowest BCUT2D eigenvalue weighted by atomic mass is 10.0. The van der Waals surface area contributed by atoms with Gasteiger partial charge in [-0.2, -0.15) is 0 Å². The normalized spacial score (nSPS) is 20.1. The van der Waals surface area contributed by atoms with Gasteiger partial charge in [-0.1, -0.05) is 12.1 Å². The predicted molar refractivity (Wildman–Crippen MR) is 123 cm³/mol. The Kier molecular flexibility index (Phi) is 7.14. The number of benzene rings is 1. The summed E-state index contributed by atoms with van der Waals surface area (Å²) < 4.78 is 16.5. The number of aromatic amines is 1. The Bertz CT molecular complexity index is 892. The van der Waals surface area contributed by atoms with Crippen molar-refractivity contribution >= 4 is 11.5 Å². The van der Waals surface area contributed by atoms with E-state index >= 15 is 0 Å². The van der Waals surface area contributed by atoms with Crippen molar-refractivity contribution in [2.24, 2.45) is 0 Å². The molecular formula is C24H33N3O4. The third-order valence-corrected chi connectivity index (χ3v) is 6.01. The lowest BCUT2D eigenvalue weighted by Gasteiger charge is -2.31. The smallest absolute Gasteiger partial charge is 0.251 e. The molecule has 0 saturated carbocycles. The van der Waals surface area contributed by atoms with Crippen LogP contribution < -0.4 is 20.1 Å². The highest BCUT2D eigenvalue weighted by atomic mass is 16.5. The van der Waals surface area contributed by atoms with Crippen molar-refractivity contribution in [2.75, 3.05) is 56.4 Å². The van der Waals surface area contributed by atoms with Gasteiger partial charge in [0.05, 0.1) is 19.8 Å². The average molecular weight is 428 g/mol. The van der Waals surface area contributed by atoms with Crippen LogP contribution in [0.4, 0.5) is 11.5 Å². The van der Waals surface area contributed by atoms with E-state index in [1.807, 2.05) is 19.1 Å². The van der Waals surface area contributed by atoms with Crippen LogP contribution in [0.2, 0.25) is 0 Å². The molecule has 168 valence electrons. The van der Waals surface area contributed by atoms with E-state index in [1.165, 1.54) is 5.56 Å². The van der Waals surface area contributed by atoms with Gasteiger partial charge >= 0.3 is 0 Å². The maximum atomic E-state index is 12.4. The number of hydrogen-bond acceptors (Lipinski definition) is 6. The lowest BCUT2D eigenvalue weighted by molar-refractivity contribution is 0.0921. The number of rotatable bonds is 8. The van der Waals surface area contributed by atoms with Gasteiger partial charge in [0.15, 0.2) is 0 Å². The van der Waals surface area contributed by atoms with Crippen LogP contribution in [-0.2, 0) is 15.9 Å². The molecular weight excluding hydrogens is 394 g/mol. The van der Waals surface area contributed by atoms with Crippen LogP contribution in [-0.4, -0.2) is 63.7 Å². The Morgan fingerprint density at radius 3 is 2.68 bits per heavy atom. The summed E-state index contributed by atoms with van der Waals surface area (Å²) in [5.41, 5.74) is 2.21. The summed E-state index contributed by atoms with van der Waals surface area (Å²) >= 11 is 0. The second-order valence-electron chi connectivity index (χ2n) is 8.41. The molecule has 7 nitrogen and oxygen atoms in total. The highest BCUT2D eigenvalue weighted by Crippen LogP contribution is 2.29. The van der Waals surface area contributed by atoms with E-state index in [-0.39, 0.29) is 11.7 Å². The Balaban J connectivity index is 1.44. The monoisotopic (exact) mass is 427 g/mol. The summed E-state index contributed by atoms with van der Waals surface area (Å²) in [6.07, 6.45) is 3.21. The van der Waals surface area contributed by atoms with Crippen LogP contribution >= 0.6 is 0 Å². The summed E-state index contributed by atoms with van der Waals surface area (Å²) in [7, 11) is 1.68. The molecule has 0 aliphatic carbocycles. The lowest BCUT2D eigenvalue weighted by Crippen LogP contribution is -2.37. The first-order valence-corrected chi connectivity index (χ1v) is 11.2. The molecule has 0 radical (unpaired) electrons. The molecule has 0 spiro atoms. The summed E-state index contributed by atoms with van der Waals surface area (Å²) in [4.78, 5) is 20.0. The standard InChI is InChI=1S/C24H33N3O4/c1-18(17-29-2)31-22-7-5-19(6-8-22)14-20-4-3-9-27(20)23-15-21(16-24(28)25-23)26-10-12-30-13-11-26/h5-8,15-16,18,20H,3-4,9-14,17H2,1-2H3,(H,25,28)/t18?,20-/m0/s1. The topological polar surface area (TPSA) is 67.0 Å². The molecule has 1 unspecified atom stereocenters. The molecule has 1 N–H and O–H groups in total. The third kappa shape index (κ3) is 5.60. The maximum Gasteiger partial charge on any atom is 0.251 e. The third-order valence-electron chi connectivity index (χ3n) is 6.01. The number of H-pyrrole nitrogens is 1. The molecule has 2 aliphatic rings. The second kappa shape index (κ2) is 10.2. The van der Waals surface area contributed by atoms with Gasteiger partial charge in [0.25, 0.3) is 5.56 Å². The molecule has 1 aromatic heterocycles. The summed E-state index contributed by atoms with van der Waals surface area (Å²) in [5.74, 6) is 1.78. The molecule has 4 rings (SSSR count). The molecule has 2 saturated heterocycles. The summed E-state index contributed by atoms with van der Waals surface area (Å²) in [5, 5.41) is 0. The zero-order valence-electron chi connectivity index (χ0n) is 18.5. The fraction of sp³-hybridized carbons (Fsp3) is 0.542. The van der Waals surface area contributed by atoms with E-state index in [1.54, 1.807) is 13.2 Å². The highest BCUT2D eigenvalue weighted by Gasteiger charge is 2.26. The minimum absolute atomic E-state index is 0.0248. The summed E-state index contributed by atoms with van der Waals surface area (Å²) in [6.45, 7) is 6.59. The van der Waals surface area contributed by atoms with Crippen molar-refractivity contribution in [3.8, 4) is 5.75 Å². The first kappa shape index (κ1) is 21.7. The summed E-state index contributed by atoms with van der Waals surface area (Å²) in [6, 6.07) is 12.5. The fourth-order valence-corrected chi connectivity index (χ4v) is 4.52. The van der Waals surface area contributed by atoms with Crippen molar-refractivity contribution in [1.82, 2.24) is 4.98 Å². The van der Waals surface area contributed by atoms with Gasteiger partial charge in [0, 0.05) is 50.6 Å². The number of hydrogen-bond donors (Lipinski definition) is 1. The number of methoxy groups -OCH3 is 1. The number of nitrogens with zero attached hydrogens (tertiary/aromatic N) is 2. The SMILES string of the molecule is COCC(C)Oc1ccc(C[C@@H]2CCCN2c2cc(N3CCOCC3)cc(=O)[nH]2)cc1. The van der Waals surface area contributed by atoms with Crippen molar-refractivity contribution in [2.45, 2.75) is 38.3 Å². The van der Waals surface area contributed by atoms with Crippen LogP contribution in [0.3, 0.4) is 0 Å². The van der Waals surface area contributed by atoms with Crippen molar-refractivity contribution in [3.05, 3.63) is 52.3 Å². The number of aromatic nitrogens is 1. The minimum Gasteiger partial charge on any atom is -0.488 e. The number of ether oxygens (including phenoxy) is 3. The van der Waals surface area contributed by atoms with E-state index < -0.39 is 0 Å². The Labute approximate surface area is 183 Å². The molecule has 2 aromatic rings. The van der Waals surface area contributed by atoms with Crippen LogP contribution in [0.15, 0.2) is 41.2 Å². The van der Waals surface area contributed by atoms with Crippen LogP contribution in [0, 0.1) is 0 Å². The van der Waals surface area contributed by atoms with Crippen LogP contribution in [0.25, 0.3) is 0 Å². The number of pyridine rings is 1. The van der Waals surface area contributed by atoms with Crippen molar-refractivity contribution in [3.63, 3.8) is 0 Å².